The van der Waals surface area contributed by atoms with E-state index in [1.165, 1.54) is 35.6 Å². The van der Waals surface area contributed by atoms with Gasteiger partial charge in [0.2, 0.25) is 0 Å². The molecule has 2 rings (SSSR count). The summed E-state index contributed by atoms with van der Waals surface area (Å²) >= 11 is 1.47. The molecule has 3 nitrogen and oxygen atoms in total. The Morgan fingerprint density at radius 1 is 1.38 bits per heavy atom. The lowest BCUT2D eigenvalue weighted by molar-refractivity contribution is 0.0785. The molecule has 21 heavy (non-hydrogen) atoms. The molecule has 0 atom stereocenters. The number of amides is 1. The molecule has 108 valence electrons. The van der Waals surface area contributed by atoms with Gasteiger partial charge in [-0.05, 0) is 41.3 Å². The van der Waals surface area contributed by atoms with Crippen molar-refractivity contribution < 1.29 is 14.3 Å². The van der Waals surface area contributed by atoms with Crippen LogP contribution < -0.4 is 0 Å². The zero-order valence-electron chi connectivity index (χ0n) is 11.5. The van der Waals surface area contributed by atoms with Crippen LogP contribution in [0.2, 0.25) is 0 Å². The molecule has 0 saturated heterocycles. The third-order valence-corrected chi connectivity index (χ3v) is 3.70. The molecular formula is C16H14FNO2S. The van der Waals surface area contributed by atoms with Crippen LogP contribution in [-0.2, 0) is 6.54 Å². The van der Waals surface area contributed by atoms with Gasteiger partial charge in [0.1, 0.15) is 12.4 Å². The van der Waals surface area contributed by atoms with Crippen molar-refractivity contribution in [3.8, 4) is 11.8 Å². The number of carbonyl (C=O) groups is 1. The van der Waals surface area contributed by atoms with Crippen molar-refractivity contribution in [1.82, 2.24) is 4.90 Å². The standard InChI is InChI=1S/C16H14FNO2S/c1-18(16(20)13-4-6-14(17)7-5-13)10-12-9-15(21-11-12)3-2-8-19/h4-7,9,11,19H,8,10H2,1H3. The quantitative estimate of drug-likeness (QED) is 0.885. The Hall–Kier alpha value is -2.16. The molecule has 1 aromatic heterocycles. The molecule has 0 unspecified atom stereocenters. The van der Waals surface area contributed by atoms with Gasteiger partial charge in [-0.15, -0.1) is 11.3 Å². The largest absolute Gasteiger partial charge is 0.384 e. The topological polar surface area (TPSA) is 40.5 Å². The second kappa shape index (κ2) is 7.02. The van der Waals surface area contributed by atoms with E-state index in [1.807, 2.05) is 11.4 Å². The maximum Gasteiger partial charge on any atom is 0.253 e. The molecule has 5 heteroatoms. The first kappa shape index (κ1) is 15.2. The van der Waals surface area contributed by atoms with Gasteiger partial charge in [0.25, 0.3) is 5.91 Å². The predicted octanol–water partition coefficient (Wildman–Crippen LogP) is 2.50. The molecule has 0 aliphatic rings. The van der Waals surface area contributed by atoms with Gasteiger partial charge in [0.05, 0.1) is 4.88 Å². The third-order valence-electron chi connectivity index (χ3n) is 2.80. The third kappa shape index (κ3) is 4.15. The summed E-state index contributed by atoms with van der Waals surface area (Å²) in [4.78, 5) is 14.6. The molecule has 0 saturated carbocycles. The number of carbonyl (C=O) groups excluding carboxylic acids is 1. The van der Waals surface area contributed by atoms with Crippen LogP contribution in [0.1, 0.15) is 20.8 Å². The molecule has 0 spiro atoms. The van der Waals surface area contributed by atoms with E-state index in [4.69, 9.17) is 5.11 Å². The van der Waals surface area contributed by atoms with Crippen molar-refractivity contribution in [2.24, 2.45) is 0 Å². The minimum absolute atomic E-state index is 0.163. The molecule has 1 amide bonds. The summed E-state index contributed by atoms with van der Waals surface area (Å²) in [5, 5.41) is 10.6. The Labute approximate surface area is 126 Å². The van der Waals surface area contributed by atoms with Gasteiger partial charge >= 0.3 is 0 Å². The van der Waals surface area contributed by atoms with E-state index in [2.05, 4.69) is 11.8 Å². The molecule has 0 bridgehead atoms. The first-order valence-electron chi connectivity index (χ1n) is 6.28. The van der Waals surface area contributed by atoms with Crippen molar-refractivity contribution in [1.29, 1.82) is 0 Å². The Morgan fingerprint density at radius 2 is 2.10 bits per heavy atom. The van der Waals surface area contributed by atoms with Gasteiger partial charge in [-0.25, -0.2) is 4.39 Å². The Morgan fingerprint density at radius 3 is 2.76 bits per heavy atom. The van der Waals surface area contributed by atoms with Crippen molar-refractivity contribution >= 4 is 17.2 Å². The van der Waals surface area contributed by atoms with Crippen molar-refractivity contribution in [2.75, 3.05) is 13.7 Å². The van der Waals surface area contributed by atoms with Gasteiger partial charge < -0.3 is 10.0 Å². The monoisotopic (exact) mass is 303 g/mol. The van der Waals surface area contributed by atoms with Gasteiger partial charge in [-0.1, -0.05) is 11.8 Å². The summed E-state index contributed by atoms with van der Waals surface area (Å²) in [5.74, 6) is 4.89. The molecule has 1 heterocycles. The number of aliphatic hydroxyl groups excluding tert-OH is 1. The van der Waals surface area contributed by atoms with E-state index < -0.39 is 0 Å². The highest BCUT2D eigenvalue weighted by molar-refractivity contribution is 7.10. The van der Waals surface area contributed by atoms with Gasteiger partial charge in [-0.2, -0.15) is 0 Å². The SMILES string of the molecule is CN(Cc1csc(C#CCO)c1)C(=O)c1ccc(F)cc1. The fraction of sp³-hybridized carbons (Fsp3) is 0.188. The number of hydrogen-bond donors (Lipinski definition) is 1. The second-order valence-corrected chi connectivity index (χ2v) is 5.36. The maximum absolute atomic E-state index is 12.8. The van der Waals surface area contributed by atoms with Crippen LogP contribution in [0, 0.1) is 17.7 Å². The summed E-state index contributed by atoms with van der Waals surface area (Å²) in [5.41, 5.74) is 1.43. The van der Waals surface area contributed by atoms with Crippen LogP contribution in [0.3, 0.4) is 0 Å². The lowest BCUT2D eigenvalue weighted by atomic mass is 10.2. The van der Waals surface area contributed by atoms with Gasteiger partial charge in [0, 0.05) is 19.2 Å². The average Bonchev–Trinajstić information content (AvgIpc) is 2.92. The van der Waals surface area contributed by atoms with E-state index >= 15 is 0 Å². The smallest absolute Gasteiger partial charge is 0.253 e. The molecule has 0 aliphatic carbocycles. The molecule has 0 radical (unpaired) electrons. The number of benzene rings is 1. The molecule has 0 aliphatic heterocycles. The lowest BCUT2D eigenvalue weighted by Crippen LogP contribution is -2.25. The van der Waals surface area contributed by atoms with Crippen LogP contribution >= 0.6 is 11.3 Å². The minimum atomic E-state index is -0.362. The number of halogens is 1. The van der Waals surface area contributed by atoms with Crippen LogP contribution in [0.5, 0.6) is 0 Å². The van der Waals surface area contributed by atoms with Gasteiger partial charge in [0.15, 0.2) is 0 Å². The Balaban J connectivity index is 2.03. The predicted molar refractivity (Wildman–Crippen MR) is 80.5 cm³/mol. The highest BCUT2D eigenvalue weighted by atomic mass is 32.1. The molecule has 0 fully saturated rings. The van der Waals surface area contributed by atoms with Crippen molar-refractivity contribution in [2.45, 2.75) is 6.54 Å². The van der Waals surface area contributed by atoms with E-state index in [9.17, 15) is 9.18 Å². The minimum Gasteiger partial charge on any atom is -0.384 e. The summed E-state index contributed by atoms with van der Waals surface area (Å²) in [6.07, 6.45) is 0. The summed E-state index contributed by atoms with van der Waals surface area (Å²) in [6, 6.07) is 7.38. The fourth-order valence-corrected chi connectivity index (χ4v) is 2.58. The summed E-state index contributed by atoms with van der Waals surface area (Å²) < 4.78 is 12.8. The van der Waals surface area contributed by atoms with E-state index in [1.54, 1.807) is 11.9 Å². The Bertz CT molecular complexity index is 682. The van der Waals surface area contributed by atoms with Crippen LogP contribution in [0.25, 0.3) is 0 Å². The zero-order valence-corrected chi connectivity index (χ0v) is 12.3. The van der Waals surface area contributed by atoms with Crippen LogP contribution in [-0.4, -0.2) is 29.6 Å². The number of aliphatic hydroxyl groups is 1. The normalized spacial score (nSPS) is 9.86. The summed E-state index contributed by atoms with van der Waals surface area (Å²) in [7, 11) is 1.70. The molecule has 1 aromatic carbocycles. The average molecular weight is 303 g/mol. The molecular weight excluding hydrogens is 289 g/mol. The molecule has 2 aromatic rings. The number of hydrogen-bond acceptors (Lipinski definition) is 3. The van der Waals surface area contributed by atoms with Gasteiger partial charge in [-0.3, -0.25) is 4.79 Å². The van der Waals surface area contributed by atoms with E-state index in [0.717, 1.165) is 10.4 Å². The zero-order chi connectivity index (χ0) is 15.2. The van der Waals surface area contributed by atoms with Crippen molar-refractivity contribution in [3.63, 3.8) is 0 Å². The fourth-order valence-electron chi connectivity index (χ4n) is 1.81. The van der Waals surface area contributed by atoms with Crippen LogP contribution in [0.4, 0.5) is 4.39 Å². The number of rotatable bonds is 3. The highest BCUT2D eigenvalue weighted by Gasteiger charge is 2.12. The first-order chi connectivity index (χ1) is 10.1. The Kier molecular flexibility index (Phi) is 5.09. The maximum atomic E-state index is 12.8. The number of nitrogens with zero attached hydrogens (tertiary/aromatic N) is 1. The first-order valence-corrected chi connectivity index (χ1v) is 7.16. The van der Waals surface area contributed by atoms with Crippen molar-refractivity contribution in [3.05, 3.63) is 57.5 Å². The number of thiophene rings is 1. The summed E-state index contributed by atoms with van der Waals surface area (Å²) in [6.45, 7) is 0.281. The molecule has 1 N–H and O–H groups in total. The van der Waals surface area contributed by atoms with Crippen LogP contribution in [0.15, 0.2) is 35.7 Å². The second-order valence-electron chi connectivity index (χ2n) is 4.45. The van der Waals surface area contributed by atoms with E-state index in [0.29, 0.717) is 12.1 Å². The van der Waals surface area contributed by atoms with E-state index in [-0.39, 0.29) is 18.3 Å². The lowest BCUT2D eigenvalue weighted by Gasteiger charge is -2.16. The highest BCUT2D eigenvalue weighted by Crippen LogP contribution is 2.16.